The van der Waals surface area contributed by atoms with E-state index in [2.05, 4.69) is 20.6 Å². The van der Waals surface area contributed by atoms with Gasteiger partial charge in [0.1, 0.15) is 28.1 Å². The van der Waals surface area contributed by atoms with Gasteiger partial charge in [-0.25, -0.2) is 15.0 Å². The summed E-state index contributed by atoms with van der Waals surface area (Å²) in [5, 5.41) is 38.0. The lowest BCUT2D eigenvalue weighted by molar-refractivity contribution is 0.00446. The third kappa shape index (κ3) is 4.45. The highest BCUT2D eigenvalue weighted by molar-refractivity contribution is 7.21. The van der Waals surface area contributed by atoms with Crippen LogP contribution in [0.3, 0.4) is 0 Å². The lowest BCUT2D eigenvalue weighted by atomic mass is 10.1. The summed E-state index contributed by atoms with van der Waals surface area (Å²) in [7, 11) is 0. The van der Waals surface area contributed by atoms with Crippen molar-refractivity contribution < 1.29 is 15.3 Å². The molecule has 0 aliphatic heterocycles. The summed E-state index contributed by atoms with van der Waals surface area (Å²) in [5.41, 5.74) is 4.78. The van der Waals surface area contributed by atoms with Crippen molar-refractivity contribution in [2.24, 2.45) is 5.92 Å². The van der Waals surface area contributed by atoms with Gasteiger partial charge in [0.25, 0.3) is 0 Å². The van der Waals surface area contributed by atoms with E-state index in [1.807, 2.05) is 54.9 Å². The van der Waals surface area contributed by atoms with Crippen LogP contribution >= 0.6 is 11.3 Å². The number of hydrogen-bond acceptors (Lipinski definition) is 11. The smallest absolute Gasteiger partial charge is 0.225 e. The molecule has 0 radical (unpaired) electrons. The summed E-state index contributed by atoms with van der Waals surface area (Å²) in [5.74, 6) is 0.476. The number of aliphatic hydroxyl groups is 3. The Morgan fingerprint density at radius 1 is 1.05 bits per heavy atom. The third-order valence-electron chi connectivity index (χ3n) is 6.99. The summed E-state index contributed by atoms with van der Waals surface area (Å²) >= 11 is 1.52. The SMILES string of the molecule is Cc1nc(NCc2cn3ccccc3n2)nc(N[C@@H]2C[C@H](CO)[C@@H](O)[C@H]2O)c1-c1nc2c(C)nccc2s1. The van der Waals surface area contributed by atoms with E-state index >= 15 is 0 Å². The fraction of sp³-hybridized carbons (Fsp3) is 0.346. The van der Waals surface area contributed by atoms with E-state index in [-0.39, 0.29) is 6.61 Å². The molecule has 5 aromatic heterocycles. The van der Waals surface area contributed by atoms with E-state index in [4.69, 9.17) is 15.0 Å². The lowest BCUT2D eigenvalue weighted by Crippen LogP contribution is -2.35. The van der Waals surface area contributed by atoms with Crippen molar-refractivity contribution in [3.8, 4) is 10.6 Å². The highest BCUT2D eigenvalue weighted by Gasteiger charge is 2.41. The van der Waals surface area contributed by atoms with Crippen LogP contribution in [0.25, 0.3) is 26.4 Å². The minimum Gasteiger partial charge on any atom is -0.396 e. The molecule has 5 aromatic rings. The molecule has 0 unspecified atom stereocenters. The van der Waals surface area contributed by atoms with Crippen LogP contribution in [-0.4, -0.2) is 69.5 Å². The van der Waals surface area contributed by atoms with Crippen molar-refractivity contribution in [2.45, 2.75) is 45.1 Å². The van der Waals surface area contributed by atoms with Crippen LogP contribution in [0.4, 0.5) is 11.8 Å². The molecule has 0 spiro atoms. The van der Waals surface area contributed by atoms with Gasteiger partial charge in [0, 0.05) is 31.1 Å². The molecule has 4 atom stereocenters. The molecule has 1 aliphatic rings. The Labute approximate surface area is 222 Å². The average Bonchev–Trinajstić information content (AvgIpc) is 3.59. The predicted molar refractivity (Wildman–Crippen MR) is 145 cm³/mol. The molecule has 12 heteroatoms. The summed E-state index contributed by atoms with van der Waals surface area (Å²) in [6.45, 7) is 4.03. The third-order valence-corrected chi connectivity index (χ3v) is 8.03. The first-order valence-corrected chi connectivity index (χ1v) is 13.2. The van der Waals surface area contributed by atoms with E-state index in [0.29, 0.717) is 30.4 Å². The van der Waals surface area contributed by atoms with Crippen LogP contribution in [0.15, 0.2) is 42.9 Å². The van der Waals surface area contributed by atoms with Gasteiger partial charge in [0.2, 0.25) is 5.95 Å². The number of fused-ring (bicyclic) bond motifs is 2. The molecule has 0 aromatic carbocycles. The topological polar surface area (TPSA) is 154 Å². The van der Waals surface area contributed by atoms with Crippen molar-refractivity contribution in [1.29, 1.82) is 0 Å². The van der Waals surface area contributed by atoms with Crippen LogP contribution in [0.5, 0.6) is 0 Å². The number of imidazole rings is 1. The maximum atomic E-state index is 10.7. The Morgan fingerprint density at radius 3 is 2.68 bits per heavy atom. The molecule has 1 saturated carbocycles. The van der Waals surface area contributed by atoms with Crippen molar-refractivity contribution >= 4 is 39.0 Å². The largest absolute Gasteiger partial charge is 0.396 e. The Balaban J connectivity index is 1.36. The quantitative estimate of drug-likeness (QED) is 0.211. The van der Waals surface area contributed by atoms with E-state index in [1.54, 1.807) is 6.20 Å². The van der Waals surface area contributed by atoms with Crippen LogP contribution < -0.4 is 10.6 Å². The number of thiazole rings is 1. The molecule has 38 heavy (non-hydrogen) atoms. The molecule has 196 valence electrons. The van der Waals surface area contributed by atoms with Crippen molar-refractivity contribution in [3.63, 3.8) is 0 Å². The number of hydrogen-bond donors (Lipinski definition) is 5. The van der Waals surface area contributed by atoms with Crippen LogP contribution in [0.2, 0.25) is 0 Å². The second-order valence-electron chi connectivity index (χ2n) is 9.58. The van der Waals surface area contributed by atoms with Gasteiger partial charge in [-0.15, -0.1) is 11.3 Å². The van der Waals surface area contributed by atoms with Gasteiger partial charge in [0.15, 0.2) is 0 Å². The van der Waals surface area contributed by atoms with Gasteiger partial charge >= 0.3 is 0 Å². The number of aromatic nitrogens is 6. The van der Waals surface area contributed by atoms with E-state index in [9.17, 15) is 15.3 Å². The van der Waals surface area contributed by atoms with Gasteiger partial charge in [-0.1, -0.05) is 6.07 Å². The van der Waals surface area contributed by atoms with Gasteiger partial charge in [-0.3, -0.25) is 4.98 Å². The lowest BCUT2D eigenvalue weighted by Gasteiger charge is -2.21. The Hall–Kier alpha value is -3.71. The van der Waals surface area contributed by atoms with Crippen LogP contribution in [0.1, 0.15) is 23.5 Å². The Morgan fingerprint density at radius 2 is 1.92 bits per heavy atom. The molecular formula is C26H28N8O3S. The maximum Gasteiger partial charge on any atom is 0.225 e. The number of anilines is 2. The number of nitrogens with one attached hydrogen (secondary N) is 2. The highest BCUT2D eigenvalue weighted by Crippen LogP contribution is 2.38. The van der Waals surface area contributed by atoms with Gasteiger partial charge in [-0.05, 0) is 38.5 Å². The van der Waals surface area contributed by atoms with Gasteiger partial charge in [0.05, 0.1) is 46.0 Å². The molecular weight excluding hydrogens is 504 g/mol. The summed E-state index contributed by atoms with van der Waals surface area (Å²) < 4.78 is 2.96. The molecule has 0 saturated heterocycles. The number of aryl methyl sites for hydroxylation is 2. The fourth-order valence-corrected chi connectivity index (χ4v) is 6.08. The molecule has 0 bridgehead atoms. The molecule has 5 heterocycles. The van der Waals surface area contributed by atoms with Crippen molar-refractivity contribution in [3.05, 3.63) is 59.9 Å². The minimum atomic E-state index is -1.05. The second-order valence-corrected chi connectivity index (χ2v) is 10.6. The zero-order chi connectivity index (χ0) is 26.4. The second kappa shape index (κ2) is 9.87. The fourth-order valence-electron chi connectivity index (χ4n) is 4.97. The Bertz CT molecular complexity index is 1590. The first-order valence-electron chi connectivity index (χ1n) is 12.4. The van der Waals surface area contributed by atoms with Gasteiger partial charge < -0.3 is 30.4 Å². The first-order chi connectivity index (χ1) is 18.4. The first kappa shape index (κ1) is 24.6. The van der Waals surface area contributed by atoms with Gasteiger partial charge in [-0.2, -0.15) is 4.98 Å². The minimum absolute atomic E-state index is 0.206. The molecule has 1 aliphatic carbocycles. The number of aliphatic hydroxyl groups excluding tert-OH is 3. The summed E-state index contributed by atoms with van der Waals surface area (Å²) in [6.07, 6.45) is 3.98. The molecule has 1 fully saturated rings. The highest BCUT2D eigenvalue weighted by atomic mass is 32.1. The van der Waals surface area contributed by atoms with E-state index in [0.717, 1.165) is 37.8 Å². The summed E-state index contributed by atoms with van der Waals surface area (Å²) in [4.78, 5) is 23.3. The van der Waals surface area contributed by atoms with E-state index < -0.39 is 24.2 Å². The van der Waals surface area contributed by atoms with Crippen LogP contribution in [0, 0.1) is 19.8 Å². The Kier molecular flexibility index (Phi) is 6.40. The van der Waals surface area contributed by atoms with Crippen LogP contribution in [-0.2, 0) is 6.54 Å². The molecule has 5 N–H and O–H groups in total. The predicted octanol–water partition coefficient (Wildman–Crippen LogP) is 2.54. The standard InChI is InChI=1S/C26H28N8O3S/c1-13-20(25-32-21-14(2)27-7-6-18(21)38-25)24(31-17-9-15(12-35)22(36)23(17)37)33-26(29-13)28-10-16-11-34-8-4-3-5-19(34)30-16/h3-8,11,15,17,22-23,35-37H,9-10,12H2,1-2H3,(H2,28,29,31,33)/t15-,17-,22-,23+/m1/s1. The normalized spacial score (nSPS) is 21.4. The molecule has 0 amide bonds. The zero-order valence-electron chi connectivity index (χ0n) is 20.9. The molecule has 11 nitrogen and oxygen atoms in total. The van der Waals surface area contributed by atoms with E-state index in [1.165, 1.54) is 11.3 Å². The average molecular weight is 533 g/mol. The number of pyridine rings is 2. The summed E-state index contributed by atoms with van der Waals surface area (Å²) in [6, 6.07) is 7.26. The zero-order valence-corrected chi connectivity index (χ0v) is 21.7. The van der Waals surface area contributed by atoms with Crippen molar-refractivity contribution in [1.82, 2.24) is 29.3 Å². The number of nitrogens with zero attached hydrogens (tertiary/aromatic N) is 6. The monoisotopic (exact) mass is 532 g/mol. The number of rotatable bonds is 7. The maximum absolute atomic E-state index is 10.7. The molecule has 6 rings (SSSR count). The van der Waals surface area contributed by atoms with Crippen molar-refractivity contribution in [2.75, 3.05) is 17.2 Å².